The minimum absolute atomic E-state index is 0.0160. The molecule has 0 unspecified atom stereocenters. The van der Waals surface area contributed by atoms with E-state index >= 15 is 0 Å². The van der Waals surface area contributed by atoms with Crippen LogP contribution in [0.1, 0.15) is 22.8 Å². The summed E-state index contributed by atoms with van der Waals surface area (Å²) in [6, 6.07) is 10.2. The number of nitrogen functional groups attached to an aromatic ring is 1. The average molecular weight is 405 g/mol. The molecule has 148 valence electrons. The molecule has 1 amide bonds. The first kappa shape index (κ1) is 19.6. The Morgan fingerprint density at radius 1 is 1.21 bits per heavy atom. The van der Waals surface area contributed by atoms with Crippen LogP contribution in [0.4, 0.5) is 15.8 Å². The number of nitrogens with two attached hydrogens (primary N) is 2. The van der Waals surface area contributed by atoms with Gasteiger partial charge in [0.1, 0.15) is 11.4 Å². The highest BCUT2D eigenvalue weighted by Gasteiger charge is 2.41. The number of sulfonamides is 1. The predicted molar refractivity (Wildman–Crippen MR) is 106 cm³/mol. The minimum Gasteiger partial charge on any atom is -0.399 e. The van der Waals surface area contributed by atoms with E-state index in [4.69, 9.17) is 11.5 Å². The third-order valence-electron chi connectivity index (χ3n) is 4.54. The quantitative estimate of drug-likeness (QED) is 0.666. The van der Waals surface area contributed by atoms with E-state index < -0.39 is 33.0 Å². The molecule has 0 spiro atoms. The van der Waals surface area contributed by atoms with Gasteiger partial charge in [0.15, 0.2) is 0 Å². The number of aliphatic imine (C=N–C) groups is 1. The molecular formula is C18H20FN5O3S. The molecule has 0 aromatic heterocycles. The Bertz CT molecular complexity index is 1070. The predicted octanol–water partition coefficient (Wildman–Crippen LogP) is 1.47. The Morgan fingerprint density at radius 3 is 2.46 bits per heavy atom. The largest absolute Gasteiger partial charge is 0.399 e. The summed E-state index contributed by atoms with van der Waals surface area (Å²) in [5.41, 5.74) is 11.1. The molecule has 0 saturated carbocycles. The number of carbonyl (C=O) groups is 1. The molecule has 0 saturated heterocycles. The molecule has 3 rings (SSSR count). The van der Waals surface area contributed by atoms with Gasteiger partial charge in [-0.25, -0.2) is 22.1 Å². The number of amides is 1. The van der Waals surface area contributed by atoms with Crippen molar-refractivity contribution in [1.29, 1.82) is 0 Å². The summed E-state index contributed by atoms with van der Waals surface area (Å²) < 4.78 is 40.1. The van der Waals surface area contributed by atoms with Gasteiger partial charge >= 0.3 is 0 Å². The smallest absolute Gasteiger partial charge is 0.255 e. The van der Waals surface area contributed by atoms with Gasteiger partial charge in [-0.2, -0.15) is 0 Å². The maximum Gasteiger partial charge on any atom is 0.255 e. The van der Waals surface area contributed by atoms with E-state index in [0.29, 0.717) is 16.9 Å². The van der Waals surface area contributed by atoms with E-state index in [9.17, 15) is 17.6 Å². The molecule has 0 radical (unpaired) electrons. The van der Waals surface area contributed by atoms with Crippen LogP contribution < -0.4 is 16.8 Å². The van der Waals surface area contributed by atoms with Gasteiger partial charge in [0.05, 0.1) is 5.75 Å². The van der Waals surface area contributed by atoms with Crippen molar-refractivity contribution in [3.63, 3.8) is 0 Å². The zero-order valence-electron chi connectivity index (χ0n) is 15.3. The van der Waals surface area contributed by atoms with E-state index in [2.05, 4.69) is 10.3 Å². The lowest BCUT2D eigenvalue weighted by Gasteiger charge is -2.34. The highest BCUT2D eigenvalue weighted by Crippen LogP contribution is 2.34. The molecule has 2 aromatic carbocycles. The summed E-state index contributed by atoms with van der Waals surface area (Å²) in [5, 5.41) is 2.66. The third kappa shape index (κ3) is 3.63. The molecule has 0 bridgehead atoms. The van der Waals surface area contributed by atoms with Crippen LogP contribution in [-0.4, -0.2) is 37.4 Å². The molecule has 1 heterocycles. The van der Waals surface area contributed by atoms with Gasteiger partial charge in [-0.3, -0.25) is 4.79 Å². The summed E-state index contributed by atoms with van der Waals surface area (Å²) in [6.07, 6.45) is 0. The minimum atomic E-state index is -3.75. The number of nitrogens with one attached hydrogen (secondary N) is 1. The van der Waals surface area contributed by atoms with Gasteiger partial charge < -0.3 is 16.8 Å². The van der Waals surface area contributed by atoms with E-state index in [1.165, 1.54) is 26.1 Å². The monoisotopic (exact) mass is 405 g/mol. The molecule has 28 heavy (non-hydrogen) atoms. The average Bonchev–Trinajstić information content (AvgIpc) is 2.61. The number of hydrogen-bond donors (Lipinski definition) is 3. The highest BCUT2D eigenvalue weighted by molar-refractivity contribution is 7.89. The van der Waals surface area contributed by atoms with Crippen molar-refractivity contribution in [2.45, 2.75) is 12.5 Å². The number of halogens is 1. The van der Waals surface area contributed by atoms with E-state index in [0.717, 1.165) is 10.4 Å². The van der Waals surface area contributed by atoms with Crippen LogP contribution in [0, 0.1) is 5.82 Å². The first-order chi connectivity index (χ1) is 13.0. The topological polar surface area (TPSA) is 131 Å². The number of hydrogen-bond acceptors (Lipinski definition) is 6. The lowest BCUT2D eigenvalue weighted by Crippen LogP contribution is -2.50. The Labute approximate surface area is 162 Å². The fraction of sp³-hybridized carbons (Fsp3) is 0.222. The summed E-state index contributed by atoms with van der Waals surface area (Å²) in [5.74, 6) is -1.75. The molecule has 1 aliphatic rings. The van der Waals surface area contributed by atoms with Gasteiger partial charge in [-0.1, -0.05) is 0 Å². The molecular weight excluding hydrogens is 385 g/mol. The van der Waals surface area contributed by atoms with Crippen molar-refractivity contribution < 1.29 is 17.6 Å². The third-order valence-corrected chi connectivity index (χ3v) is 6.49. The second-order valence-corrected chi connectivity index (χ2v) is 8.74. The zero-order valence-corrected chi connectivity index (χ0v) is 16.1. The van der Waals surface area contributed by atoms with Crippen molar-refractivity contribution in [3.05, 3.63) is 59.4 Å². The van der Waals surface area contributed by atoms with Crippen LogP contribution in [0.3, 0.4) is 0 Å². The number of anilines is 2. The fourth-order valence-corrected chi connectivity index (χ4v) is 4.39. The standard InChI is InChI=1S/C18H20FN5O3S/c1-18(10-28(26,27)24(2)17(21)23-18)14-9-13(7-8-15(14)19)22-16(25)11-3-5-12(20)6-4-11/h3-9H,10,20H2,1-2H3,(H2,21,23)(H,22,25)/t18-/m0/s1. The SMILES string of the molecule is CN1C(N)=N[C@](C)(c2cc(NC(=O)c3ccc(N)cc3)ccc2F)CS1(=O)=O. The number of carbonyl (C=O) groups excluding carboxylic acids is 1. The van der Waals surface area contributed by atoms with Gasteiger partial charge in [0.25, 0.3) is 5.91 Å². The number of nitrogens with zero attached hydrogens (tertiary/aromatic N) is 2. The normalized spacial score (nSPS) is 21.1. The second-order valence-electron chi connectivity index (χ2n) is 6.74. The summed E-state index contributed by atoms with van der Waals surface area (Å²) >= 11 is 0. The first-order valence-corrected chi connectivity index (χ1v) is 9.92. The fourth-order valence-electron chi connectivity index (χ4n) is 2.94. The van der Waals surface area contributed by atoms with Gasteiger partial charge in [-0.05, 0) is 49.4 Å². The van der Waals surface area contributed by atoms with Gasteiger partial charge in [-0.15, -0.1) is 0 Å². The number of guanidine groups is 1. The maximum absolute atomic E-state index is 14.5. The Hall–Kier alpha value is -3.14. The van der Waals surface area contributed by atoms with Crippen LogP contribution in [0.5, 0.6) is 0 Å². The Balaban J connectivity index is 1.96. The summed E-state index contributed by atoms with van der Waals surface area (Å²) in [7, 11) is -2.47. The van der Waals surface area contributed by atoms with E-state index in [1.54, 1.807) is 24.3 Å². The van der Waals surface area contributed by atoms with Crippen molar-refractivity contribution >= 4 is 33.3 Å². The molecule has 1 atom stereocenters. The molecule has 0 aliphatic carbocycles. The van der Waals surface area contributed by atoms with Crippen LogP contribution in [0.2, 0.25) is 0 Å². The molecule has 8 nitrogen and oxygen atoms in total. The summed E-state index contributed by atoms with van der Waals surface area (Å²) in [4.78, 5) is 16.6. The number of benzene rings is 2. The van der Waals surface area contributed by atoms with Crippen molar-refractivity contribution in [1.82, 2.24) is 4.31 Å². The summed E-state index contributed by atoms with van der Waals surface area (Å²) in [6.45, 7) is 1.48. The van der Waals surface area contributed by atoms with E-state index in [1.807, 2.05) is 0 Å². The lowest BCUT2D eigenvalue weighted by molar-refractivity contribution is 0.102. The molecule has 5 N–H and O–H groups in total. The molecule has 10 heteroatoms. The van der Waals surface area contributed by atoms with Crippen molar-refractivity contribution in [2.75, 3.05) is 23.9 Å². The molecule has 2 aromatic rings. The Kier molecular flexibility index (Phi) is 4.76. The van der Waals surface area contributed by atoms with Crippen LogP contribution in [0.15, 0.2) is 47.5 Å². The highest BCUT2D eigenvalue weighted by atomic mass is 32.2. The Morgan fingerprint density at radius 2 is 1.86 bits per heavy atom. The number of rotatable bonds is 3. The second kappa shape index (κ2) is 6.79. The first-order valence-electron chi connectivity index (χ1n) is 8.31. The molecule has 1 aliphatic heterocycles. The van der Waals surface area contributed by atoms with E-state index in [-0.39, 0.29) is 11.5 Å². The van der Waals surface area contributed by atoms with Crippen LogP contribution >= 0.6 is 0 Å². The van der Waals surface area contributed by atoms with Crippen LogP contribution in [0.25, 0.3) is 0 Å². The lowest BCUT2D eigenvalue weighted by atomic mass is 9.93. The zero-order chi connectivity index (χ0) is 20.7. The van der Waals surface area contributed by atoms with Gasteiger partial charge in [0, 0.05) is 29.5 Å². The van der Waals surface area contributed by atoms with Crippen molar-refractivity contribution in [3.8, 4) is 0 Å². The van der Waals surface area contributed by atoms with Crippen LogP contribution in [-0.2, 0) is 15.6 Å². The van der Waals surface area contributed by atoms with Gasteiger partial charge in [0.2, 0.25) is 16.0 Å². The maximum atomic E-state index is 14.5. The van der Waals surface area contributed by atoms with Crippen molar-refractivity contribution in [2.24, 2.45) is 10.7 Å². The molecule has 0 fully saturated rings.